The standard InChI is InChI=1S/C10H14N2O2S/c1-2-7-12-15(13,14)8-9-5-3-4-6-10(9)11/h2-6,12H,1,7-8,11H2. The summed E-state index contributed by atoms with van der Waals surface area (Å²) in [5.41, 5.74) is 6.74. The lowest BCUT2D eigenvalue weighted by molar-refractivity contribution is 0.585. The van der Waals surface area contributed by atoms with Crippen molar-refractivity contribution in [1.82, 2.24) is 4.72 Å². The highest BCUT2D eigenvalue weighted by Gasteiger charge is 2.11. The van der Waals surface area contributed by atoms with E-state index in [0.29, 0.717) is 11.3 Å². The molecule has 0 aliphatic carbocycles. The molecule has 0 aliphatic rings. The van der Waals surface area contributed by atoms with Crippen LogP contribution in [-0.4, -0.2) is 15.0 Å². The van der Waals surface area contributed by atoms with Crippen molar-refractivity contribution < 1.29 is 8.42 Å². The van der Waals surface area contributed by atoms with Gasteiger partial charge in [0.05, 0.1) is 5.75 Å². The van der Waals surface area contributed by atoms with Gasteiger partial charge in [-0.15, -0.1) is 6.58 Å². The van der Waals surface area contributed by atoms with E-state index in [4.69, 9.17) is 5.73 Å². The Hall–Kier alpha value is -1.33. The predicted octanol–water partition coefficient (Wildman–Crippen LogP) is 0.874. The fourth-order valence-electron chi connectivity index (χ4n) is 1.11. The third-order valence-corrected chi connectivity index (χ3v) is 3.15. The summed E-state index contributed by atoms with van der Waals surface area (Å²) >= 11 is 0. The molecular weight excluding hydrogens is 212 g/mol. The van der Waals surface area contributed by atoms with Crippen molar-refractivity contribution in [2.75, 3.05) is 12.3 Å². The number of nitrogens with one attached hydrogen (secondary N) is 1. The van der Waals surface area contributed by atoms with Gasteiger partial charge in [-0.25, -0.2) is 13.1 Å². The smallest absolute Gasteiger partial charge is 0.216 e. The zero-order valence-electron chi connectivity index (χ0n) is 8.31. The maximum Gasteiger partial charge on any atom is 0.216 e. The monoisotopic (exact) mass is 226 g/mol. The molecule has 0 atom stereocenters. The van der Waals surface area contributed by atoms with Crippen molar-refractivity contribution in [2.24, 2.45) is 0 Å². The minimum atomic E-state index is -3.32. The van der Waals surface area contributed by atoms with Crippen molar-refractivity contribution in [1.29, 1.82) is 0 Å². The summed E-state index contributed by atoms with van der Waals surface area (Å²) in [6.07, 6.45) is 1.49. The van der Waals surface area contributed by atoms with E-state index >= 15 is 0 Å². The number of nitrogens with two attached hydrogens (primary N) is 1. The van der Waals surface area contributed by atoms with Crippen molar-refractivity contribution in [2.45, 2.75) is 5.75 Å². The second kappa shape index (κ2) is 4.95. The zero-order valence-corrected chi connectivity index (χ0v) is 9.13. The van der Waals surface area contributed by atoms with Gasteiger partial charge in [-0.05, 0) is 11.6 Å². The Kier molecular flexibility index (Phi) is 3.88. The molecule has 0 heterocycles. The Bertz CT molecular complexity index is 440. The molecule has 0 aliphatic heterocycles. The molecule has 0 amide bonds. The molecule has 4 nitrogen and oxygen atoms in total. The fourth-order valence-corrected chi connectivity index (χ4v) is 2.25. The maximum absolute atomic E-state index is 11.5. The molecule has 15 heavy (non-hydrogen) atoms. The van der Waals surface area contributed by atoms with Gasteiger partial charge in [0.25, 0.3) is 0 Å². The molecule has 0 spiro atoms. The summed E-state index contributed by atoms with van der Waals surface area (Å²) < 4.78 is 25.4. The van der Waals surface area contributed by atoms with E-state index in [1.165, 1.54) is 6.08 Å². The van der Waals surface area contributed by atoms with Crippen LogP contribution in [-0.2, 0) is 15.8 Å². The van der Waals surface area contributed by atoms with Gasteiger partial charge < -0.3 is 5.73 Å². The molecule has 1 aromatic rings. The molecule has 0 radical (unpaired) electrons. The normalized spacial score (nSPS) is 11.2. The minimum absolute atomic E-state index is 0.104. The first-order valence-electron chi connectivity index (χ1n) is 4.47. The van der Waals surface area contributed by atoms with Gasteiger partial charge in [-0.2, -0.15) is 0 Å². The molecule has 0 fully saturated rings. The summed E-state index contributed by atoms with van der Waals surface area (Å²) in [4.78, 5) is 0. The van der Waals surface area contributed by atoms with Gasteiger partial charge >= 0.3 is 0 Å². The van der Waals surface area contributed by atoms with E-state index < -0.39 is 10.0 Å². The molecule has 0 saturated carbocycles. The van der Waals surface area contributed by atoms with Crippen LogP contribution in [0.5, 0.6) is 0 Å². The molecule has 3 N–H and O–H groups in total. The van der Waals surface area contributed by atoms with Crippen LogP contribution in [0.25, 0.3) is 0 Å². The minimum Gasteiger partial charge on any atom is -0.398 e. The van der Waals surface area contributed by atoms with Crippen LogP contribution in [0.3, 0.4) is 0 Å². The summed E-state index contributed by atoms with van der Waals surface area (Å²) in [7, 11) is -3.32. The van der Waals surface area contributed by atoms with E-state index in [1.807, 2.05) is 0 Å². The first-order chi connectivity index (χ1) is 7.05. The number of benzene rings is 1. The van der Waals surface area contributed by atoms with E-state index in [-0.39, 0.29) is 12.3 Å². The molecule has 82 valence electrons. The lowest BCUT2D eigenvalue weighted by Gasteiger charge is -2.06. The number of para-hydroxylation sites is 1. The molecular formula is C10H14N2O2S. The Morgan fingerprint density at radius 2 is 2.07 bits per heavy atom. The van der Waals surface area contributed by atoms with Crippen LogP contribution in [0.1, 0.15) is 5.56 Å². The van der Waals surface area contributed by atoms with E-state index in [2.05, 4.69) is 11.3 Å². The SMILES string of the molecule is C=CCNS(=O)(=O)Cc1ccccc1N. The van der Waals surface area contributed by atoms with E-state index in [9.17, 15) is 8.42 Å². The van der Waals surface area contributed by atoms with Gasteiger partial charge in [0, 0.05) is 12.2 Å². The van der Waals surface area contributed by atoms with Gasteiger partial charge in [0.2, 0.25) is 10.0 Å². The largest absolute Gasteiger partial charge is 0.398 e. The Labute approximate surface area is 89.9 Å². The highest BCUT2D eigenvalue weighted by molar-refractivity contribution is 7.88. The summed E-state index contributed by atoms with van der Waals surface area (Å²) in [6.45, 7) is 3.67. The Morgan fingerprint density at radius 3 is 2.67 bits per heavy atom. The lowest BCUT2D eigenvalue weighted by atomic mass is 10.2. The van der Waals surface area contributed by atoms with Crippen molar-refractivity contribution in [3.8, 4) is 0 Å². The zero-order chi connectivity index (χ0) is 11.3. The third kappa shape index (κ3) is 3.73. The van der Waals surface area contributed by atoms with Crippen LogP contribution in [0.2, 0.25) is 0 Å². The summed E-state index contributed by atoms with van der Waals surface area (Å²) in [5, 5.41) is 0. The van der Waals surface area contributed by atoms with Gasteiger partial charge in [0.15, 0.2) is 0 Å². The maximum atomic E-state index is 11.5. The van der Waals surface area contributed by atoms with Crippen LogP contribution in [0.4, 0.5) is 5.69 Å². The predicted molar refractivity (Wildman–Crippen MR) is 61.7 cm³/mol. The van der Waals surface area contributed by atoms with Crippen LogP contribution >= 0.6 is 0 Å². The Morgan fingerprint density at radius 1 is 1.40 bits per heavy atom. The van der Waals surface area contributed by atoms with Crippen LogP contribution < -0.4 is 10.5 Å². The van der Waals surface area contributed by atoms with Crippen molar-refractivity contribution in [3.63, 3.8) is 0 Å². The topological polar surface area (TPSA) is 72.2 Å². The first kappa shape index (κ1) is 11.7. The van der Waals surface area contributed by atoms with Crippen molar-refractivity contribution in [3.05, 3.63) is 42.5 Å². The molecule has 0 bridgehead atoms. The molecule has 0 unspecified atom stereocenters. The van der Waals surface area contributed by atoms with E-state index in [1.54, 1.807) is 24.3 Å². The number of hydrogen-bond donors (Lipinski definition) is 2. The van der Waals surface area contributed by atoms with Gasteiger partial charge in [-0.3, -0.25) is 0 Å². The van der Waals surface area contributed by atoms with Crippen LogP contribution in [0, 0.1) is 0 Å². The molecule has 1 aromatic carbocycles. The fraction of sp³-hybridized carbons (Fsp3) is 0.200. The Balaban J connectivity index is 2.78. The lowest BCUT2D eigenvalue weighted by Crippen LogP contribution is -2.25. The summed E-state index contributed by atoms with van der Waals surface area (Å²) in [5.74, 6) is -0.104. The van der Waals surface area contributed by atoms with Gasteiger partial charge in [-0.1, -0.05) is 24.3 Å². The summed E-state index contributed by atoms with van der Waals surface area (Å²) in [6, 6.07) is 6.90. The third-order valence-electron chi connectivity index (χ3n) is 1.85. The molecule has 0 saturated heterocycles. The molecule has 1 rings (SSSR count). The van der Waals surface area contributed by atoms with Crippen molar-refractivity contribution >= 4 is 15.7 Å². The molecule has 0 aromatic heterocycles. The number of anilines is 1. The number of rotatable bonds is 5. The average molecular weight is 226 g/mol. The highest BCUT2D eigenvalue weighted by atomic mass is 32.2. The highest BCUT2D eigenvalue weighted by Crippen LogP contribution is 2.13. The van der Waals surface area contributed by atoms with E-state index in [0.717, 1.165) is 0 Å². The quantitative estimate of drug-likeness (QED) is 0.578. The van der Waals surface area contributed by atoms with Gasteiger partial charge in [0.1, 0.15) is 0 Å². The number of sulfonamides is 1. The second-order valence-corrected chi connectivity index (χ2v) is 4.90. The molecule has 5 heteroatoms. The number of hydrogen-bond acceptors (Lipinski definition) is 3. The average Bonchev–Trinajstić information content (AvgIpc) is 2.18. The second-order valence-electron chi connectivity index (χ2n) is 3.10. The van der Waals surface area contributed by atoms with Crippen LogP contribution in [0.15, 0.2) is 36.9 Å². The number of nitrogen functional groups attached to an aromatic ring is 1. The first-order valence-corrected chi connectivity index (χ1v) is 6.12.